The van der Waals surface area contributed by atoms with Gasteiger partial charge in [-0.3, -0.25) is 4.79 Å². The zero-order chi connectivity index (χ0) is 16.6. The van der Waals surface area contributed by atoms with Gasteiger partial charge in [0.2, 0.25) is 0 Å². The summed E-state index contributed by atoms with van der Waals surface area (Å²) in [5.41, 5.74) is 3.04. The Kier molecular flexibility index (Phi) is 4.46. The second-order valence-corrected chi connectivity index (χ2v) is 7.15. The van der Waals surface area contributed by atoms with Gasteiger partial charge in [-0.05, 0) is 67.9 Å². The van der Waals surface area contributed by atoms with Crippen LogP contribution in [0.2, 0.25) is 0 Å². The van der Waals surface area contributed by atoms with Gasteiger partial charge in [0.1, 0.15) is 11.5 Å². The molecule has 6 heteroatoms. The Bertz CT molecular complexity index is 829. The number of aliphatic imine (C=N–C) groups is 1. The molecular weight excluding hydrogens is 376 g/mol. The maximum Gasteiger partial charge on any atom is 0.264 e. The van der Waals surface area contributed by atoms with E-state index >= 15 is 0 Å². The average Bonchev–Trinajstić information content (AvgIpc) is 3.03. The van der Waals surface area contributed by atoms with Crippen LogP contribution in [0.15, 0.2) is 43.1 Å². The quantitative estimate of drug-likeness (QED) is 0.744. The van der Waals surface area contributed by atoms with Crippen LogP contribution in [0.3, 0.4) is 0 Å². The van der Waals surface area contributed by atoms with Crippen molar-refractivity contribution in [3.8, 4) is 0 Å². The number of nitrogens with one attached hydrogen (secondary N) is 1. The minimum Gasteiger partial charge on any atom is -0.462 e. The zero-order valence-electron chi connectivity index (χ0n) is 12.9. The SMILES string of the molecule is Cc1ccc(/C=C2\SC(=Nc3cc(C)c(Br)c(C)c3)NC2=O)o1. The number of furan rings is 1. The number of halogens is 1. The van der Waals surface area contributed by atoms with E-state index in [-0.39, 0.29) is 5.91 Å². The van der Waals surface area contributed by atoms with E-state index in [0.717, 1.165) is 27.0 Å². The van der Waals surface area contributed by atoms with Gasteiger partial charge >= 0.3 is 0 Å². The van der Waals surface area contributed by atoms with Crippen molar-refractivity contribution in [2.45, 2.75) is 20.8 Å². The summed E-state index contributed by atoms with van der Waals surface area (Å²) in [5.74, 6) is 1.32. The van der Waals surface area contributed by atoms with Crippen molar-refractivity contribution in [3.63, 3.8) is 0 Å². The Hall–Kier alpha value is -1.79. The molecule has 1 N–H and O–H groups in total. The standard InChI is InChI=1S/C17H15BrN2O2S/c1-9-6-12(7-10(2)15(9)18)19-17-20-16(21)14(23-17)8-13-5-4-11(3)22-13/h4-8H,1-3H3,(H,19,20,21)/b14-8-. The fourth-order valence-corrected chi connectivity index (χ4v) is 3.30. The number of thioether (sulfide) groups is 1. The van der Waals surface area contributed by atoms with Crippen LogP contribution in [-0.2, 0) is 4.79 Å². The summed E-state index contributed by atoms with van der Waals surface area (Å²) in [5, 5.41) is 3.36. The van der Waals surface area contributed by atoms with Crippen LogP contribution in [0.4, 0.5) is 5.69 Å². The molecule has 2 heterocycles. The molecule has 1 fully saturated rings. The fourth-order valence-electron chi connectivity index (χ4n) is 2.25. The summed E-state index contributed by atoms with van der Waals surface area (Å²) in [6.07, 6.45) is 1.73. The van der Waals surface area contributed by atoms with Gasteiger partial charge in [0, 0.05) is 10.5 Å². The Balaban J connectivity index is 1.86. The minimum absolute atomic E-state index is 0.159. The lowest BCUT2D eigenvalue weighted by Crippen LogP contribution is -2.19. The number of rotatable bonds is 2. The number of aryl methyl sites for hydroxylation is 3. The van der Waals surface area contributed by atoms with E-state index in [1.165, 1.54) is 11.8 Å². The highest BCUT2D eigenvalue weighted by Gasteiger charge is 2.24. The maximum atomic E-state index is 12.0. The van der Waals surface area contributed by atoms with Gasteiger partial charge in [-0.15, -0.1) is 0 Å². The van der Waals surface area contributed by atoms with E-state index in [2.05, 4.69) is 26.2 Å². The molecule has 0 bridgehead atoms. The molecule has 3 rings (SSSR count). The van der Waals surface area contributed by atoms with Gasteiger partial charge in [0.05, 0.1) is 10.6 Å². The van der Waals surface area contributed by atoms with Crippen molar-refractivity contribution >= 4 is 50.5 Å². The molecule has 0 aliphatic carbocycles. The molecule has 23 heavy (non-hydrogen) atoms. The molecule has 2 aromatic rings. The van der Waals surface area contributed by atoms with Crippen LogP contribution in [0.5, 0.6) is 0 Å². The molecule has 1 aromatic heterocycles. The summed E-state index contributed by atoms with van der Waals surface area (Å²) in [7, 11) is 0. The van der Waals surface area contributed by atoms with Crippen molar-refractivity contribution in [1.29, 1.82) is 0 Å². The third kappa shape index (κ3) is 3.59. The maximum absolute atomic E-state index is 12.0. The van der Waals surface area contributed by atoms with E-state index < -0.39 is 0 Å². The highest BCUT2D eigenvalue weighted by atomic mass is 79.9. The van der Waals surface area contributed by atoms with Crippen LogP contribution in [-0.4, -0.2) is 11.1 Å². The molecular formula is C17H15BrN2O2S. The molecule has 1 saturated heterocycles. The molecule has 0 spiro atoms. The van der Waals surface area contributed by atoms with Crippen molar-refractivity contribution in [1.82, 2.24) is 5.32 Å². The average molecular weight is 391 g/mol. The first kappa shape index (κ1) is 16.1. The highest BCUT2D eigenvalue weighted by Crippen LogP contribution is 2.31. The van der Waals surface area contributed by atoms with Gasteiger partial charge in [-0.1, -0.05) is 15.9 Å². The van der Waals surface area contributed by atoms with Crippen molar-refractivity contribution in [2.24, 2.45) is 4.99 Å². The van der Waals surface area contributed by atoms with E-state index in [1.54, 1.807) is 6.08 Å². The summed E-state index contributed by atoms with van der Waals surface area (Å²) >= 11 is 4.85. The molecule has 0 radical (unpaired) electrons. The van der Waals surface area contributed by atoms with Gasteiger partial charge in [0.25, 0.3) is 5.91 Å². The molecule has 118 valence electrons. The Morgan fingerprint density at radius 1 is 1.22 bits per heavy atom. The molecule has 0 atom stereocenters. The number of hydrogen-bond donors (Lipinski definition) is 1. The lowest BCUT2D eigenvalue weighted by atomic mass is 10.1. The first-order valence-corrected chi connectivity index (χ1v) is 8.66. The third-order valence-electron chi connectivity index (χ3n) is 3.34. The summed E-state index contributed by atoms with van der Waals surface area (Å²) < 4.78 is 6.56. The Morgan fingerprint density at radius 2 is 1.91 bits per heavy atom. The molecule has 4 nitrogen and oxygen atoms in total. The number of nitrogens with zero attached hydrogens (tertiary/aromatic N) is 1. The van der Waals surface area contributed by atoms with Gasteiger partial charge in [-0.2, -0.15) is 0 Å². The van der Waals surface area contributed by atoms with Gasteiger partial charge < -0.3 is 9.73 Å². The second kappa shape index (κ2) is 6.37. The van der Waals surface area contributed by atoms with Gasteiger partial charge in [-0.25, -0.2) is 4.99 Å². The Labute approximate surface area is 147 Å². The van der Waals surface area contributed by atoms with E-state index in [9.17, 15) is 4.79 Å². The summed E-state index contributed by atoms with van der Waals surface area (Å²) in [6, 6.07) is 7.67. The number of hydrogen-bond acceptors (Lipinski definition) is 4. The molecule has 1 aromatic carbocycles. The zero-order valence-corrected chi connectivity index (χ0v) is 15.3. The summed E-state index contributed by atoms with van der Waals surface area (Å²) in [6.45, 7) is 5.91. The van der Waals surface area contributed by atoms with Crippen LogP contribution >= 0.6 is 27.7 Å². The normalized spacial score (nSPS) is 18.0. The van der Waals surface area contributed by atoms with E-state index in [0.29, 0.717) is 15.8 Å². The Morgan fingerprint density at radius 3 is 2.52 bits per heavy atom. The molecule has 1 aliphatic rings. The van der Waals surface area contributed by atoms with Crippen LogP contribution < -0.4 is 5.32 Å². The number of amidine groups is 1. The molecule has 0 saturated carbocycles. The second-order valence-electron chi connectivity index (χ2n) is 5.32. The van der Waals surface area contributed by atoms with Gasteiger partial charge in [0.15, 0.2) is 5.17 Å². The lowest BCUT2D eigenvalue weighted by Gasteiger charge is -2.04. The molecule has 1 amide bonds. The molecule has 0 unspecified atom stereocenters. The largest absolute Gasteiger partial charge is 0.462 e. The number of amides is 1. The fraction of sp³-hybridized carbons (Fsp3) is 0.176. The smallest absolute Gasteiger partial charge is 0.264 e. The number of carbonyl (C=O) groups is 1. The van der Waals surface area contributed by atoms with Crippen molar-refractivity contribution < 1.29 is 9.21 Å². The lowest BCUT2D eigenvalue weighted by molar-refractivity contribution is -0.115. The predicted molar refractivity (Wildman–Crippen MR) is 97.9 cm³/mol. The molecule has 1 aliphatic heterocycles. The predicted octanol–water partition coefficient (Wildman–Crippen LogP) is 4.86. The first-order valence-electron chi connectivity index (χ1n) is 7.05. The van der Waals surface area contributed by atoms with Crippen molar-refractivity contribution in [3.05, 3.63) is 56.3 Å². The minimum atomic E-state index is -0.159. The van der Waals surface area contributed by atoms with Crippen LogP contribution in [0.25, 0.3) is 6.08 Å². The van der Waals surface area contributed by atoms with Crippen LogP contribution in [0, 0.1) is 20.8 Å². The number of benzene rings is 1. The third-order valence-corrected chi connectivity index (χ3v) is 5.50. The monoisotopic (exact) mass is 390 g/mol. The summed E-state index contributed by atoms with van der Waals surface area (Å²) in [4.78, 5) is 17.1. The number of carbonyl (C=O) groups excluding carboxylic acids is 1. The van der Waals surface area contributed by atoms with E-state index in [4.69, 9.17) is 4.42 Å². The topological polar surface area (TPSA) is 54.6 Å². The highest BCUT2D eigenvalue weighted by molar-refractivity contribution is 9.10. The first-order chi connectivity index (χ1) is 10.9. The van der Waals surface area contributed by atoms with E-state index in [1.807, 2.05) is 45.0 Å². The van der Waals surface area contributed by atoms with Crippen LogP contribution in [0.1, 0.15) is 22.6 Å². The van der Waals surface area contributed by atoms with Crippen molar-refractivity contribution in [2.75, 3.05) is 0 Å².